The fourth-order valence-electron chi connectivity index (χ4n) is 3.61. The average molecular weight is 457 g/mol. The molecule has 10 nitrogen and oxygen atoms in total. The highest BCUT2D eigenvalue weighted by Gasteiger charge is 2.31. The summed E-state index contributed by atoms with van der Waals surface area (Å²) in [5.41, 5.74) is -0.229. The van der Waals surface area contributed by atoms with E-state index in [4.69, 9.17) is 9.29 Å². The summed E-state index contributed by atoms with van der Waals surface area (Å²) < 4.78 is 48.2. The van der Waals surface area contributed by atoms with E-state index in [1.165, 1.54) is 13.3 Å². The Morgan fingerprint density at radius 1 is 1.29 bits per heavy atom. The quantitative estimate of drug-likeness (QED) is 0.576. The normalized spacial score (nSPS) is 16.6. The zero-order valence-electron chi connectivity index (χ0n) is 17.1. The van der Waals surface area contributed by atoms with Crippen molar-refractivity contribution in [2.24, 2.45) is 0 Å². The van der Waals surface area contributed by atoms with Crippen LogP contribution in [0.25, 0.3) is 10.9 Å². The first-order chi connectivity index (χ1) is 14.5. The van der Waals surface area contributed by atoms with E-state index in [-0.39, 0.29) is 17.0 Å². The second-order valence-corrected chi connectivity index (χ2v) is 8.89. The molecule has 170 valence electrons. The van der Waals surface area contributed by atoms with Crippen LogP contribution in [0.4, 0.5) is 10.1 Å². The molecule has 0 amide bonds. The molecule has 2 fully saturated rings. The van der Waals surface area contributed by atoms with Crippen molar-refractivity contribution >= 4 is 32.7 Å². The number of ether oxygens (including phenoxy) is 1. The number of pyridine rings is 1. The van der Waals surface area contributed by atoms with Gasteiger partial charge >= 0.3 is 5.97 Å². The fourth-order valence-corrected chi connectivity index (χ4v) is 3.61. The molecule has 1 aliphatic carbocycles. The minimum atomic E-state index is -3.67. The van der Waals surface area contributed by atoms with Gasteiger partial charge in [0, 0.05) is 38.4 Å². The first-order valence-corrected chi connectivity index (χ1v) is 11.4. The molecule has 0 spiro atoms. The standard InChI is InChI=1S/C18H20FN3O4.CH4O3S/c1-26-17-14-11(8-13(19)15(17)21-6-4-20-5-7-21)16(23)12(18(24)25)9-22(14)10-2-3-10;1-5(2,3)4/h8-10,20H,2-7H2,1H3,(H,24,25);1H3,(H,2,3,4). The number of fused-ring (bicyclic) bond motifs is 1. The highest BCUT2D eigenvalue weighted by Crippen LogP contribution is 2.43. The highest BCUT2D eigenvalue weighted by molar-refractivity contribution is 7.85. The van der Waals surface area contributed by atoms with Gasteiger partial charge in [-0.25, -0.2) is 9.18 Å². The van der Waals surface area contributed by atoms with Crippen LogP contribution >= 0.6 is 0 Å². The van der Waals surface area contributed by atoms with E-state index >= 15 is 0 Å². The summed E-state index contributed by atoms with van der Waals surface area (Å²) in [6.07, 6.45) is 3.86. The summed E-state index contributed by atoms with van der Waals surface area (Å²) in [7, 11) is -2.22. The van der Waals surface area contributed by atoms with Gasteiger partial charge in [0.1, 0.15) is 11.3 Å². The summed E-state index contributed by atoms with van der Waals surface area (Å²) in [6, 6.07) is 1.26. The first kappa shape index (κ1) is 23.0. The van der Waals surface area contributed by atoms with E-state index in [0.29, 0.717) is 36.3 Å². The number of carboxylic acids is 1. The summed E-state index contributed by atoms with van der Waals surface area (Å²) >= 11 is 0. The molecular weight excluding hydrogens is 433 g/mol. The topological polar surface area (TPSA) is 138 Å². The zero-order valence-corrected chi connectivity index (χ0v) is 17.9. The number of nitrogens with zero attached hydrogens (tertiary/aromatic N) is 2. The Labute approximate surface area is 178 Å². The molecule has 0 unspecified atom stereocenters. The van der Waals surface area contributed by atoms with Crippen molar-refractivity contribution in [1.29, 1.82) is 0 Å². The number of aromatic nitrogens is 1. The number of aromatic carboxylic acids is 1. The van der Waals surface area contributed by atoms with Crippen molar-refractivity contribution in [2.75, 3.05) is 44.4 Å². The molecule has 0 radical (unpaired) electrons. The third kappa shape index (κ3) is 5.14. The molecule has 1 aromatic carbocycles. The Morgan fingerprint density at radius 3 is 2.35 bits per heavy atom. The van der Waals surface area contributed by atoms with E-state index in [1.54, 1.807) is 4.57 Å². The van der Waals surface area contributed by atoms with Crippen LogP contribution in [0.5, 0.6) is 5.75 Å². The molecule has 2 aliphatic rings. The Kier molecular flexibility index (Phi) is 6.53. The predicted octanol–water partition coefficient (Wildman–Crippen LogP) is 1.10. The van der Waals surface area contributed by atoms with Gasteiger partial charge in [-0.05, 0) is 18.9 Å². The molecule has 1 aromatic heterocycles. The van der Waals surface area contributed by atoms with Crippen LogP contribution in [0.15, 0.2) is 17.1 Å². The SMILES string of the molecule is COc1c(N2CCNCC2)c(F)cc2c(=O)c(C(=O)O)cn(C3CC3)c12.CS(=O)(=O)O. The van der Waals surface area contributed by atoms with Crippen LogP contribution in [-0.2, 0) is 10.1 Å². The van der Waals surface area contributed by atoms with Gasteiger partial charge in [0.05, 0.1) is 24.3 Å². The van der Waals surface area contributed by atoms with Crippen molar-refractivity contribution in [3.63, 3.8) is 0 Å². The molecule has 31 heavy (non-hydrogen) atoms. The summed E-state index contributed by atoms with van der Waals surface area (Å²) in [4.78, 5) is 26.0. The lowest BCUT2D eigenvalue weighted by Gasteiger charge is -2.31. The maximum Gasteiger partial charge on any atom is 0.341 e. The molecule has 1 saturated carbocycles. The lowest BCUT2D eigenvalue weighted by Crippen LogP contribution is -2.44. The summed E-state index contributed by atoms with van der Waals surface area (Å²) in [5, 5.41) is 12.6. The average Bonchev–Trinajstić information content (AvgIpc) is 3.52. The minimum absolute atomic E-state index is 0.0463. The second-order valence-electron chi connectivity index (χ2n) is 7.42. The van der Waals surface area contributed by atoms with E-state index in [1.807, 2.05) is 4.90 Å². The molecule has 1 saturated heterocycles. The van der Waals surface area contributed by atoms with E-state index in [2.05, 4.69) is 5.32 Å². The Morgan fingerprint density at radius 2 is 1.87 bits per heavy atom. The van der Waals surface area contributed by atoms with Crippen LogP contribution in [0.1, 0.15) is 29.2 Å². The third-order valence-electron chi connectivity index (χ3n) is 5.01. The van der Waals surface area contributed by atoms with Crippen LogP contribution < -0.4 is 20.4 Å². The number of rotatable bonds is 4. The first-order valence-electron chi connectivity index (χ1n) is 9.59. The van der Waals surface area contributed by atoms with Crippen LogP contribution in [-0.4, -0.2) is 68.2 Å². The molecule has 4 rings (SSSR count). The van der Waals surface area contributed by atoms with Gasteiger partial charge in [0.25, 0.3) is 10.1 Å². The minimum Gasteiger partial charge on any atom is -0.492 e. The van der Waals surface area contributed by atoms with Gasteiger partial charge in [-0.3, -0.25) is 9.35 Å². The van der Waals surface area contributed by atoms with Crippen LogP contribution in [0.3, 0.4) is 0 Å². The molecular formula is C19H24FN3O7S. The lowest BCUT2D eigenvalue weighted by molar-refractivity contribution is 0.0694. The maximum absolute atomic E-state index is 15.0. The largest absolute Gasteiger partial charge is 0.492 e. The number of nitrogens with one attached hydrogen (secondary N) is 1. The summed E-state index contributed by atoms with van der Waals surface area (Å²) in [5.74, 6) is -1.59. The maximum atomic E-state index is 15.0. The number of methoxy groups -OCH3 is 1. The molecule has 2 heterocycles. The van der Waals surface area contributed by atoms with E-state index < -0.39 is 27.3 Å². The lowest BCUT2D eigenvalue weighted by atomic mass is 10.1. The number of halogens is 1. The Balaban J connectivity index is 0.000000491. The van der Waals surface area contributed by atoms with Crippen LogP contribution in [0.2, 0.25) is 0 Å². The number of anilines is 1. The zero-order chi connectivity index (χ0) is 22.9. The number of carbonyl (C=O) groups is 1. The van der Waals surface area contributed by atoms with Gasteiger partial charge in [-0.1, -0.05) is 0 Å². The third-order valence-corrected chi connectivity index (χ3v) is 5.01. The fraction of sp³-hybridized carbons (Fsp3) is 0.474. The highest BCUT2D eigenvalue weighted by atomic mass is 32.2. The number of piperazine rings is 1. The van der Waals surface area contributed by atoms with Crippen molar-refractivity contribution in [3.05, 3.63) is 33.9 Å². The van der Waals surface area contributed by atoms with Crippen molar-refractivity contribution in [1.82, 2.24) is 9.88 Å². The van der Waals surface area contributed by atoms with Gasteiger partial charge < -0.3 is 24.6 Å². The van der Waals surface area contributed by atoms with Crippen LogP contribution in [0, 0.1) is 5.82 Å². The number of carboxylic acid groups (broad SMARTS) is 1. The van der Waals surface area contributed by atoms with Gasteiger partial charge in [0.15, 0.2) is 11.6 Å². The second kappa shape index (κ2) is 8.81. The molecule has 12 heteroatoms. The molecule has 2 aromatic rings. The monoisotopic (exact) mass is 457 g/mol. The smallest absolute Gasteiger partial charge is 0.341 e. The predicted molar refractivity (Wildman–Crippen MR) is 113 cm³/mol. The molecule has 3 N–H and O–H groups in total. The van der Waals surface area contributed by atoms with E-state index in [9.17, 15) is 27.5 Å². The van der Waals surface area contributed by atoms with Crippen molar-refractivity contribution in [2.45, 2.75) is 18.9 Å². The number of benzene rings is 1. The number of hydrogen-bond donors (Lipinski definition) is 3. The van der Waals surface area contributed by atoms with Gasteiger partial charge in [-0.2, -0.15) is 8.42 Å². The van der Waals surface area contributed by atoms with E-state index in [0.717, 1.165) is 32.0 Å². The molecule has 0 atom stereocenters. The van der Waals surface area contributed by atoms with Gasteiger partial charge in [0.2, 0.25) is 5.43 Å². The summed E-state index contributed by atoms with van der Waals surface area (Å²) in [6.45, 7) is 2.71. The van der Waals surface area contributed by atoms with Gasteiger partial charge in [-0.15, -0.1) is 0 Å². The molecule has 1 aliphatic heterocycles. The van der Waals surface area contributed by atoms with Crippen molar-refractivity contribution in [3.8, 4) is 5.75 Å². The number of hydrogen-bond acceptors (Lipinski definition) is 7. The van der Waals surface area contributed by atoms with Crippen molar-refractivity contribution < 1.29 is 32.0 Å². The Hall–Kier alpha value is -2.70. The molecule has 0 bridgehead atoms. The Bertz CT molecular complexity index is 1160.